The molecule has 0 atom stereocenters. The van der Waals surface area contributed by atoms with Gasteiger partial charge in [0.15, 0.2) is 10.2 Å². The summed E-state index contributed by atoms with van der Waals surface area (Å²) in [6.07, 6.45) is 9.37. The van der Waals surface area contributed by atoms with E-state index in [0.29, 0.717) is 5.16 Å². The van der Waals surface area contributed by atoms with E-state index < -0.39 is 0 Å². The van der Waals surface area contributed by atoms with Gasteiger partial charge < -0.3 is 0 Å². The second-order valence-corrected chi connectivity index (χ2v) is 6.09. The lowest BCUT2D eigenvalue weighted by Gasteiger charge is -1.93. The lowest BCUT2D eigenvalue weighted by molar-refractivity contribution is 0.971. The number of aryl methyl sites for hydroxylation is 1. The van der Waals surface area contributed by atoms with Gasteiger partial charge in [0, 0.05) is 16.6 Å². The monoisotopic (exact) mass is 290 g/mol. The maximum atomic E-state index is 4.45. The molecule has 98 valence electrons. The second-order valence-electron chi connectivity index (χ2n) is 3.64. The number of thiazole rings is 1. The summed E-state index contributed by atoms with van der Waals surface area (Å²) in [7, 11) is 0. The maximum Gasteiger partial charge on any atom is 0.215 e. The molecule has 0 bridgehead atoms. The SMILES string of the molecule is C=C/C=C\C(=C/C)c1nc(Sc2ncc(C)s2)n[nH]1. The first kappa shape index (κ1) is 13.8. The Bertz CT molecular complexity index is 622. The van der Waals surface area contributed by atoms with Crippen molar-refractivity contribution in [3.8, 4) is 0 Å². The first-order valence-electron chi connectivity index (χ1n) is 5.71. The zero-order chi connectivity index (χ0) is 13.7. The summed E-state index contributed by atoms with van der Waals surface area (Å²) in [5, 5.41) is 7.80. The fraction of sp³-hybridized carbons (Fsp3) is 0.154. The Labute approximate surface area is 120 Å². The number of aromatic nitrogens is 4. The van der Waals surface area contributed by atoms with Crippen LogP contribution in [0.1, 0.15) is 17.6 Å². The molecule has 0 amide bonds. The summed E-state index contributed by atoms with van der Waals surface area (Å²) in [6, 6.07) is 0. The van der Waals surface area contributed by atoms with Crippen molar-refractivity contribution < 1.29 is 0 Å². The number of allylic oxidation sites excluding steroid dienone is 5. The Morgan fingerprint density at radius 2 is 2.37 bits per heavy atom. The average molecular weight is 290 g/mol. The van der Waals surface area contributed by atoms with Crippen molar-refractivity contribution in [3.63, 3.8) is 0 Å². The van der Waals surface area contributed by atoms with Crippen LogP contribution in [0.3, 0.4) is 0 Å². The molecule has 2 aromatic rings. The van der Waals surface area contributed by atoms with Crippen LogP contribution in [0.25, 0.3) is 5.57 Å². The molecule has 0 aliphatic heterocycles. The van der Waals surface area contributed by atoms with Gasteiger partial charge in [-0.1, -0.05) is 30.9 Å². The highest BCUT2D eigenvalue weighted by atomic mass is 32.2. The van der Waals surface area contributed by atoms with E-state index >= 15 is 0 Å². The second kappa shape index (κ2) is 6.49. The average Bonchev–Trinajstić information content (AvgIpc) is 3.01. The molecular weight excluding hydrogens is 276 g/mol. The van der Waals surface area contributed by atoms with E-state index in [0.717, 1.165) is 15.7 Å². The van der Waals surface area contributed by atoms with E-state index in [-0.39, 0.29) is 0 Å². The predicted octanol–water partition coefficient (Wildman–Crippen LogP) is 3.87. The van der Waals surface area contributed by atoms with E-state index in [1.54, 1.807) is 17.4 Å². The van der Waals surface area contributed by atoms with Crippen LogP contribution in [0.5, 0.6) is 0 Å². The third-order valence-corrected chi connectivity index (χ3v) is 4.09. The summed E-state index contributed by atoms with van der Waals surface area (Å²) < 4.78 is 0.951. The van der Waals surface area contributed by atoms with Crippen LogP contribution in [-0.4, -0.2) is 20.2 Å². The lowest BCUT2D eigenvalue weighted by Crippen LogP contribution is -1.83. The number of hydrogen-bond donors (Lipinski definition) is 1. The Kier molecular flexibility index (Phi) is 4.70. The highest BCUT2D eigenvalue weighted by molar-refractivity contribution is 8.00. The smallest absolute Gasteiger partial charge is 0.215 e. The molecule has 0 spiro atoms. The van der Waals surface area contributed by atoms with E-state index in [1.165, 1.54) is 16.6 Å². The van der Waals surface area contributed by atoms with E-state index in [9.17, 15) is 0 Å². The molecule has 4 nitrogen and oxygen atoms in total. The molecule has 2 rings (SSSR count). The Morgan fingerprint density at radius 3 is 3.00 bits per heavy atom. The van der Waals surface area contributed by atoms with Crippen LogP contribution in [-0.2, 0) is 0 Å². The normalized spacial score (nSPS) is 12.2. The van der Waals surface area contributed by atoms with Crippen molar-refractivity contribution in [2.24, 2.45) is 0 Å². The van der Waals surface area contributed by atoms with Crippen LogP contribution in [0.4, 0.5) is 0 Å². The van der Waals surface area contributed by atoms with Gasteiger partial charge in [-0.3, -0.25) is 5.10 Å². The van der Waals surface area contributed by atoms with Crippen molar-refractivity contribution in [2.75, 3.05) is 0 Å². The molecule has 0 radical (unpaired) electrons. The Balaban J connectivity index is 2.14. The first-order chi connectivity index (χ1) is 9.22. The van der Waals surface area contributed by atoms with Gasteiger partial charge in [0.05, 0.1) is 0 Å². The van der Waals surface area contributed by atoms with E-state index in [1.807, 2.05) is 38.3 Å². The van der Waals surface area contributed by atoms with Gasteiger partial charge in [-0.15, -0.1) is 16.4 Å². The quantitative estimate of drug-likeness (QED) is 0.849. The van der Waals surface area contributed by atoms with Crippen LogP contribution < -0.4 is 0 Å². The zero-order valence-electron chi connectivity index (χ0n) is 10.8. The van der Waals surface area contributed by atoms with Crippen molar-refractivity contribution in [1.82, 2.24) is 20.2 Å². The fourth-order valence-electron chi connectivity index (χ4n) is 1.36. The minimum atomic E-state index is 0.677. The standard InChI is InChI=1S/C13H14N4S2/c1-4-6-7-10(5-2)11-15-12(17-16-11)19-13-14-8-9(3)18-13/h4-8H,1H2,2-3H3,(H,15,16,17)/b7-6-,10-5+. The molecule has 2 aromatic heterocycles. The number of nitrogens with zero attached hydrogens (tertiary/aromatic N) is 3. The number of hydrogen-bond acceptors (Lipinski definition) is 5. The van der Waals surface area contributed by atoms with Gasteiger partial charge >= 0.3 is 0 Å². The topological polar surface area (TPSA) is 54.5 Å². The molecular formula is C13H14N4S2. The van der Waals surface area contributed by atoms with E-state index in [2.05, 4.69) is 26.7 Å². The largest absolute Gasteiger partial charge is 0.258 e. The van der Waals surface area contributed by atoms with Crippen LogP contribution in [0, 0.1) is 6.92 Å². The molecule has 0 unspecified atom stereocenters. The van der Waals surface area contributed by atoms with Gasteiger partial charge in [-0.2, -0.15) is 0 Å². The summed E-state index contributed by atoms with van der Waals surface area (Å²) >= 11 is 3.10. The molecule has 0 fully saturated rings. The Morgan fingerprint density at radius 1 is 1.53 bits per heavy atom. The molecule has 6 heteroatoms. The third kappa shape index (κ3) is 3.65. The number of nitrogens with one attached hydrogen (secondary N) is 1. The maximum absolute atomic E-state index is 4.45. The minimum Gasteiger partial charge on any atom is -0.258 e. The van der Waals surface area contributed by atoms with Gasteiger partial charge in [0.25, 0.3) is 0 Å². The summed E-state index contributed by atoms with van der Waals surface area (Å²) in [5.41, 5.74) is 0.981. The number of rotatable bonds is 5. The van der Waals surface area contributed by atoms with Crippen molar-refractivity contribution >= 4 is 28.7 Å². The molecule has 0 aliphatic rings. The molecule has 0 aliphatic carbocycles. The summed E-state index contributed by atoms with van der Waals surface area (Å²) in [4.78, 5) is 9.91. The van der Waals surface area contributed by atoms with Gasteiger partial charge in [-0.25, -0.2) is 9.97 Å². The minimum absolute atomic E-state index is 0.677. The van der Waals surface area contributed by atoms with Crippen LogP contribution >= 0.6 is 23.1 Å². The number of H-pyrrole nitrogens is 1. The third-order valence-electron chi connectivity index (χ3n) is 2.24. The van der Waals surface area contributed by atoms with E-state index in [4.69, 9.17) is 0 Å². The molecule has 0 saturated carbocycles. The van der Waals surface area contributed by atoms with Crippen molar-refractivity contribution in [3.05, 3.63) is 47.8 Å². The zero-order valence-corrected chi connectivity index (χ0v) is 12.4. The predicted molar refractivity (Wildman–Crippen MR) is 80.3 cm³/mol. The van der Waals surface area contributed by atoms with Crippen molar-refractivity contribution in [1.29, 1.82) is 0 Å². The van der Waals surface area contributed by atoms with Gasteiger partial charge in [-0.05, 0) is 25.6 Å². The molecule has 1 N–H and O–H groups in total. The van der Waals surface area contributed by atoms with Crippen LogP contribution in [0.15, 0.2) is 46.6 Å². The molecule has 19 heavy (non-hydrogen) atoms. The Hall–Kier alpha value is -1.66. The summed E-state index contributed by atoms with van der Waals surface area (Å²) in [6.45, 7) is 7.64. The summed E-state index contributed by atoms with van der Waals surface area (Å²) in [5.74, 6) is 0.747. The van der Waals surface area contributed by atoms with Gasteiger partial charge in [0.1, 0.15) is 0 Å². The fourth-order valence-corrected chi connectivity index (χ4v) is 3.12. The van der Waals surface area contributed by atoms with Gasteiger partial charge in [0.2, 0.25) is 5.16 Å². The first-order valence-corrected chi connectivity index (χ1v) is 7.34. The van der Waals surface area contributed by atoms with Crippen LogP contribution in [0.2, 0.25) is 0 Å². The highest BCUT2D eigenvalue weighted by Gasteiger charge is 2.09. The lowest BCUT2D eigenvalue weighted by atomic mass is 10.2. The molecule has 2 heterocycles. The molecule has 0 aromatic carbocycles. The highest BCUT2D eigenvalue weighted by Crippen LogP contribution is 2.29. The van der Waals surface area contributed by atoms with Crippen molar-refractivity contribution in [2.45, 2.75) is 23.3 Å². The number of aromatic amines is 1. The molecule has 0 saturated heterocycles.